The van der Waals surface area contributed by atoms with Crippen molar-refractivity contribution in [2.75, 3.05) is 24.9 Å². The largest absolute Gasteiger partial charge is 2.00 e. The molecular weight excluding hydrogens is 1080 g/mol. The number of nitrogens with zero attached hydrogens (tertiary/aromatic N) is 4. The van der Waals surface area contributed by atoms with Gasteiger partial charge in [0.25, 0.3) is 21.9 Å². The molecule has 0 fully saturated rings. The number of amides is 2. The van der Waals surface area contributed by atoms with Crippen molar-refractivity contribution >= 4 is 149 Å². The summed E-state index contributed by atoms with van der Waals surface area (Å²) in [5, 5.41) is 48.5. The first-order valence-electron chi connectivity index (χ1n) is 22.0. The van der Waals surface area contributed by atoms with E-state index in [1.807, 2.05) is 0 Å². The van der Waals surface area contributed by atoms with Gasteiger partial charge in [-0.1, -0.05) is 91.3 Å². The number of halogens is 2. The van der Waals surface area contributed by atoms with E-state index in [2.05, 4.69) is 31.1 Å². The monoisotopic (exact) mass is 1120 g/mol. The molecule has 0 saturated heterocycles. The summed E-state index contributed by atoms with van der Waals surface area (Å²) in [6.07, 6.45) is 0.710. The Morgan fingerprint density at radius 1 is 0.600 bits per heavy atom. The number of carbonyl (C=O) groups excluding carboxylic acids is 2. The number of aromatic hydroxyl groups is 1. The van der Waals surface area contributed by atoms with Gasteiger partial charge in [-0.15, -0.1) is 15.3 Å². The Bertz CT molecular complexity index is 3530. The molecule has 0 aromatic heterocycles. The van der Waals surface area contributed by atoms with Crippen molar-refractivity contribution in [3.63, 3.8) is 0 Å². The minimum Gasteiger partial charge on any atom is -0.870 e. The van der Waals surface area contributed by atoms with Crippen molar-refractivity contribution in [3.8, 4) is 23.0 Å². The van der Waals surface area contributed by atoms with Gasteiger partial charge >= 0.3 is 37.7 Å². The third kappa shape index (κ3) is 13.6. The number of hydrogen-bond acceptors (Lipinski definition) is 15. The second-order valence-electron chi connectivity index (χ2n) is 15.9. The number of phenolic OH excluding ortho intramolecular Hbond substituents is 1. The van der Waals surface area contributed by atoms with Crippen molar-refractivity contribution < 1.29 is 55.2 Å². The molecule has 380 valence electrons. The average Bonchev–Trinajstić information content (AvgIpc) is 3.38. The fourth-order valence-electron chi connectivity index (χ4n) is 7.35. The SMILES string of the molecule is CCc1cc(S(=O)(=O)O)cc(N=Nc2c(O)c(C(=O)Nc3ccc(OC)cc3)cc3ccccc23)c1Cl.CCc1cc(S(=O)(=O)[O-])cc(N=Nc2c([O-])c(C(=O)Nc3ccc(OC)cc3)cc3ccccc23)c1Cl.[Ca+2]. The number of ether oxygens (including phenoxy) is 2. The van der Waals surface area contributed by atoms with Crippen LogP contribution in [-0.2, 0) is 33.1 Å². The fraction of sp³-hybridized carbons (Fsp3) is 0.115. The Kier molecular flexibility index (Phi) is 19.0. The molecule has 23 heteroatoms. The molecule has 8 rings (SSSR count). The number of azo groups is 2. The van der Waals surface area contributed by atoms with Gasteiger partial charge in [0.2, 0.25) is 0 Å². The molecule has 0 unspecified atom stereocenters. The topological polar surface area (TPSA) is 281 Å². The summed E-state index contributed by atoms with van der Waals surface area (Å²) in [6.45, 7) is 3.50. The number of nitrogens with one attached hydrogen (secondary N) is 2. The van der Waals surface area contributed by atoms with E-state index in [0.717, 1.165) is 12.1 Å². The molecule has 0 aliphatic rings. The van der Waals surface area contributed by atoms with Crippen LogP contribution < -0.4 is 25.2 Å². The van der Waals surface area contributed by atoms with Gasteiger partial charge in [0.1, 0.15) is 38.7 Å². The van der Waals surface area contributed by atoms with E-state index < -0.39 is 48.4 Å². The van der Waals surface area contributed by atoms with E-state index in [1.165, 1.54) is 38.5 Å². The van der Waals surface area contributed by atoms with Crippen LogP contribution in [0.15, 0.2) is 164 Å². The van der Waals surface area contributed by atoms with Crippen LogP contribution in [0.5, 0.6) is 23.0 Å². The van der Waals surface area contributed by atoms with E-state index in [9.17, 15) is 45.7 Å². The standard InChI is InChI=1S/2C26H22ClN3O6S.Ca/c2*1-3-15-12-19(37(33,34)35)14-22(23(15)27)29-30-24-20-7-5-4-6-16(20)13-21(25(24)31)26(32)28-17-8-10-18(36-2)11-9-17;/h2*4-14,31H,3H2,1-2H3,(H,28,32)(H,33,34,35);/q;;+2/p-2. The van der Waals surface area contributed by atoms with Crippen LogP contribution in [-0.4, -0.2) is 94.8 Å². The van der Waals surface area contributed by atoms with Crippen LogP contribution in [0.3, 0.4) is 0 Å². The quantitative estimate of drug-likeness (QED) is 0.0449. The van der Waals surface area contributed by atoms with Crippen LogP contribution in [0.1, 0.15) is 45.7 Å². The second kappa shape index (κ2) is 24.7. The smallest absolute Gasteiger partial charge is 0.870 e. The van der Waals surface area contributed by atoms with Crippen LogP contribution in [0.4, 0.5) is 34.1 Å². The summed E-state index contributed by atoms with van der Waals surface area (Å²) in [5.74, 6) is -1.11. The number of fused-ring (bicyclic) bond motifs is 2. The molecular formula is C52H42CaCl2N6O12S2. The van der Waals surface area contributed by atoms with E-state index in [0.29, 0.717) is 68.4 Å². The van der Waals surface area contributed by atoms with Crippen molar-refractivity contribution in [1.29, 1.82) is 0 Å². The minimum atomic E-state index is -4.79. The maximum absolute atomic E-state index is 13.4. The Morgan fingerprint density at radius 3 is 1.47 bits per heavy atom. The molecule has 0 saturated carbocycles. The predicted octanol–water partition coefficient (Wildman–Crippen LogP) is 12.0. The average molecular weight is 1120 g/mol. The zero-order valence-electron chi connectivity index (χ0n) is 40.2. The number of hydrogen-bond donors (Lipinski definition) is 4. The number of phenols is 1. The van der Waals surface area contributed by atoms with Gasteiger partial charge in [0.05, 0.1) is 45.3 Å². The predicted molar refractivity (Wildman–Crippen MR) is 284 cm³/mol. The molecule has 0 aliphatic heterocycles. The molecule has 18 nitrogen and oxygen atoms in total. The van der Waals surface area contributed by atoms with E-state index >= 15 is 0 Å². The normalized spacial score (nSPS) is 11.5. The Labute approximate surface area is 470 Å². The van der Waals surface area contributed by atoms with Crippen LogP contribution >= 0.6 is 23.2 Å². The molecule has 0 radical (unpaired) electrons. The first-order chi connectivity index (χ1) is 35.2. The summed E-state index contributed by atoms with van der Waals surface area (Å²) in [6, 6.07) is 34.5. The number of aryl methyl sites for hydroxylation is 2. The molecule has 0 bridgehead atoms. The van der Waals surface area contributed by atoms with Gasteiger partial charge in [0.15, 0.2) is 5.75 Å². The van der Waals surface area contributed by atoms with E-state index in [-0.39, 0.29) is 86.6 Å². The first-order valence-corrected chi connectivity index (χ1v) is 25.6. The molecule has 0 atom stereocenters. The zero-order valence-corrected chi connectivity index (χ0v) is 45.5. The number of anilines is 2. The fourth-order valence-corrected chi connectivity index (χ4v) is 9.01. The van der Waals surface area contributed by atoms with E-state index in [1.54, 1.807) is 111 Å². The van der Waals surface area contributed by atoms with Gasteiger partial charge < -0.3 is 34.9 Å². The van der Waals surface area contributed by atoms with Gasteiger partial charge in [0, 0.05) is 27.7 Å². The molecule has 8 aromatic carbocycles. The molecule has 4 N–H and O–H groups in total. The van der Waals surface area contributed by atoms with Crippen molar-refractivity contribution in [3.05, 3.63) is 166 Å². The Balaban J connectivity index is 0.000000241. The van der Waals surface area contributed by atoms with E-state index in [4.69, 9.17) is 32.7 Å². The van der Waals surface area contributed by atoms with Crippen molar-refractivity contribution in [2.45, 2.75) is 36.5 Å². The van der Waals surface area contributed by atoms with Crippen LogP contribution in [0, 0.1) is 0 Å². The van der Waals surface area contributed by atoms with Crippen molar-refractivity contribution in [1.82, 2.24) is 0 Å². The first kappa shape index (κ1) is 57.6. The van der Waals surface area contributed by atoms with Crippen LogP contribution in [0.25, 0.3) is 21.5 Å². The maximum atomic E-state index is 13.4. The van der Waals surface area contributed by atoms with Crippen molar-refractivity contribution in [2.24, 2.45) is 20.5 Å². The molecule has 0 heterocycles. The molecule has 0 aliphatic carbocycles. The molecule has 75 heavy (non-hydrogen) atoms. The van der Waals surface area contributed by atoms with Gasteiger partial charge in [-0.3, -0.25) is 14.1 Å². The third-order valence-corrected chi connectivity index (χ3v) is 13.7. The molecule has 0 spiro atoms. The number of methoxy groups -OCH3 is 2. The number of rotatable bonds is 14. The van der Waals surface area contributed by atoms with Crippen LogP contribution in [0.2, 0.25) is 10.0 Å². The minimum absolute atomic E-state index is 0. The van der Waals surface area contributed by atoms with Gasteiger partial charge in [-0.05, 0) is 120 Å². The summed E-state index contributed by atoms with van der Waals surface area (Å²) < 4.78 is 78.0. The maximum Gasteiger partial charge on any atom is 2.00 e. The Hall–Kier alpha value is -6.72. The van der Waals surface area contributed by atoms with Gasteiger partial charge in [-0.2, -0.15) is 13.5 Å². The van der Waals surface area contributed by atoms with Gasteiger partial charge in [-0.25, -0.2) is 8.42 Å². The summed E-state index contributed by atoms with van der Waals surface area (Å²) in [7, 11) is -6.25. The summed E-state index contributed by atoms with van der Waals surface area (Å²) in [4.78, 5) is 25.2. The summed E-state index contributed by atoms with van der Waals surface area (Å²) >= 11 is 12.7. The second-order valence-corrected chi connectivity index (χ2v) is 19.5. The number of benzene rings is 8. The summed E-state index contributed by atoms with van der Waals surface area (Å²) in [5.41, 5.74) is 1.29. The Morgan fingerprint density at radius 2 is 1.01 bits per heavy atom. The third-order valence-electron chi connectivity index (χ3n) is 11.2. The molecule has 8 aromatic rings. The molecule has 2 amide bonds. The number of carbonyl (C=O) groups is 2. The zero-order chi connectivity index (χ0) is 53.5.